The van der Waals surface area contributed by atoms with E-state index in [1.54, 1.807) is 0 Å². The average Bonchev–Trinajstić information content (AvgIpc) is 2.71. The van der Waals surface area contributed by atoms with Gasteiger partial charge in [0.05, 0.1) is 12.5 Å². The molecule has 2 heterocycles. The molecular weight excluding hydrogens is 204 g/mol. The van der Waals surface area contributed by atoms with Crippen LogP contribution in [-0.4, -0.2) is 45.9 Å². The van der Waals surface area contributed by atoms with Gasteiger partial charge in [0.15, 0.2) is 5.17 Å². The molecule has 1 saturated heterocycles. The van der Waals surface area contributed by atoms with Crippen LogP contribution in [0.25, 0.3) is 0 Å². The molecule has 0 aromatic heterocycles. The molecule has 1 fully saturated rings. The Labute approximate surface area is 85.2 Å². The Kier molecular flexibility index (Phi) is 2.45. The summed E-state index contributed by atoms with van der Waals surface area (Å²) in [5.74, 6) is -0.696. The summed E-state index contributed by atoms with van der Waals surface area (Å²) in [4.78, 5) is 27.8. The minimum atomic E-state index is -0.899. The molecule has 6 heteroatoms. The van der Waals surface area contributed by atoms with Gasteiger partial charge >= 0.3 is 5.97 Å². The van der Waals surface area contributed by atoms with Crippen LogP contribution in [0.2, 0.25) is 0 Å². The van der Waals surface area contributed by atoms with E-state index >= 15 is 0 Å². The largest absolute Gasteiger partial charge is 0.481 e. The van der Waals surface area contributed by atoms with Gasteiger partial charge in [-0.2, -0.15) is 0 Å². The number of hydrogen-bond donors (Lipinski definition) is 1. The maximum absolute atomic E-state index is 11.4. The van der Waals surface area contributed by atoms with Crippen molar-refractivity contribution in [2.24, 2.45) is 10.9 Å². The van der Waals surface area contributed by atoms with Crippen molar-refractivity contribution in [2.45, 2.75) is 6.42 Å². The summed E-state index contributed by atoms with van der Waals surface area (Å²) >= 11 is 1.52. The fraction of sp³-hybridized carbons (Fsp3) is 0.625. The summed E-state index contributed by atoms with van der Waals surface area (Å²) in [5, 5.41) is 9.46. The van der Waals surface area contributed by atoms with Crippen LogP contribution in [0, 0.1) is 5.92 Å². The van der Waals surface area contributed by atoms with Crippen molar-refractivity contribution in [3.05, 3.63) is 0 Å². The third-order valence-electron chi connectivity index (χ3n) is 2.27. The number of carboxylic acid groups (broad SMARTS) is 1. The summed E-state index contributed by atoms with van der Waals surface area (Å²) in [5.41, 5.74) is 0. The van der Waals surface area contributed by atoms with E-state index in [4.69, 9.17) is 5.11 Å². The molecule has 0 saturated carbocycles. The van der Waals surface area contributed by atoms with E-state index in [1.807, 2.05) is 0 Å². The molecule has 0 spiro atoms. The molecule has 2 rings (SSSR count). The van der Waals surface area contributed by atoms with Crippen molar-refractivity contribution < 1.29 is 14.7 Å². The summed E-state index contributed by atoms with van der Waals surface area (Å²) < 4.78 is 0. The highest BCUT2D eigenvalue weighted by Gasteiger charge is 2.37. The Morgan fingerprint density at radius 2 is 2.43 bits per heavy atom. The van der Waals surface area contributed by atoms with Crippen LogP contribution in [0.3, 0.4) is 0 Å². The minimum absolute atomic E-state index is 0.106. The van der Waals surface area contributed by atoms with Gasteiger partial charge in [-0.15, -0.1) is 0 Å². The Bertz CT molecular complexity index is 316. The number of nitrogens with zero attached hydrogens (tertiary/aromatic N) is 2. The molecule has 2 aliphatic heterocycles. The summed E-state index contributed by atoms with van der Waals surface area (Å²) in [7, 11) is 0. The molecule has 1 N–H and O–H groups in total. The highest BCUT2D eigenvalue weighted by atomic mass is 32.2. The van der Waals surface area contributed by atoms with E-state index in [-0.39, 0.29) is 18.9 Å². The van der Waals surface area contributed by atoms with Gasteiger partial charge in [-0.05, 0) is 0 Å². The first kappa shape index (κ1) is 9.51. The lowest BCUT2D eigenvalue weighted by molar-refractivity contribution is -0.141. The SMILES string of the molecule is O=C(O)[C@@H]1CC(=O)N(C2=NCCS2)C1. The van der Waals surface area contributed by atoms with Gasteiger partial charge in [0.2, 0.25) is 5.91 Å². The third kappa shape index (κ3) is 1.61. The predicted octanol–water partition coefficient (Wildman–Crippen LogP) is 0.0223. The molecule has 0 aromatic rings. The molecule has 14 heavy (non-hydrogen) atoms. The lowest BCUT2D eigenvalue weighted by Gasteiger charge is -2.13. The van der Waals surface area contributed by atoms with Gasteiger partial charge in [0.1, 0.15) is 0 Å². The lowest BCUT2D eigenvalue weighted by Crippen LogP contribution is -2.30. The standard InChI is InChI=1S/C8H10N2O3S/c11-6-3-5(7(12)13)4-10(6)8-9-1-2-14-8/h5H,1-4H2,(H,12,13)/t5-/m1/s1. The normalized spacial score (nSPS) is 26.9. The number of carboxylic acids is 1. The molecule has 1 amide bonds. The van der Waals surface area contributed by atoms with Gasteiger partial charge in [0, 0.05) is 18.7 Å². The van der Waals surface area contributed by atoms with Gasteiger partial charge in [-0.3, -0.25) is 19.5 Å². The molecule has 0 aromatic carbocycles. The first-order valence-electron chi connectivity index (χ1n) is 4.39. The number of aliphatic carboxylic acids is 1. The first-order valence-corrected chi connectivity index (χ1v) is 5.37. The molecule has 5 nitrogen and oxygen atoms in total. The van der Waals surface area contributed by atoms with Crippen molar-refractivity contribution in [3.63, 3.8) is 0 Å². The zero-order chi connectivity index (χ0) is 10.1. The fourth-order valence-electron chi connectivity index (χ4n) is 1.55. The van der Waals surface area contributed by atoms with E-state index < -0.39 is 11.9 Å². The van der Waals surface area contributed by atoms with E-state index in [9.17, 15) is 9.59 Å². The molecule has 0 aliphatic carbocycles. The second-order valence-electron chi connectivity index (χ2n) is 3.26. The van der Waals surface area contributed by atoms with Crippen LogP contribution in [-0.2, 0) is 9.59 Å². The molecule has 76 valence electrons. The maximum Gasteiger partial charge on any atom is 0.308 e. The third-order valence-corrected chi connectivity index (χ3v) is 3.27. The van der Waals surface area contributed by atoms with Crippen LogP contribution < -0.4 is 0 Å². The van der Waals surface area contributed by atoms with Crippen LogP contribution in [0.1, 0.15) is 6.42 Å². The number of hydrogen-bond acceptors (Lipinski definition) is 4. The lowest BCUT2D eigenvalue weighted by atomic mass is 10.1. The van der Waals surface area contributed by atoms with Gasteiger partial charge in [-0.25, -0.2) is 0 Å². The van der Waals surface area contributed by atoms with Crippen molar-refractivity contribution in [2.75, 3.05) is 18.8 Å². The second-order valence-corrected chi connectivity index (χ2v) is 4.32. The molecular formula is C8H10N2O3S. The topological polar surface area (TPSA) is 70.0 Å². The molecule has 0 bridgehead atoms. The van der Waals surface area contributed by atoms with Gasteiger partial charge < -0.3 is 5.11 Å². The number of likely N-dealkylation sites (tertiary alicyclic amines) is 1. The summed E-state index contributed by atoms with van der Waals surface area (Å²) in [6.07, 6.45) is 0.106. The zero-order valence-electron chi connectivity index (χ0n) is 7.47. The van der Waals surface area contributed by atoms with Gasteiger partial charge in [-0.1, -0.05) is 11.8 Å². The average molecular weight is 214 g/mol. The number of amidine groups is 1. The zero-order valence-corrected chi connectivity index (χ0v) is 8.29. The van der Waals surface area contributed by atoms with Crippen molar-refractivity contribution in [3.8, 4) is 0 Å². The number of thioether (sulfide) groups is 1. The molecule has 2 aliphatic rings. The smallest absolute Gasteiger partial charge is 0.308 e. The fourth-order valence-corrected chi connectivity index (χ4v) is 2.42. The Morgan fingerprint density at radius 1 is 1.64 bits per heavy atom. The van der Waals surface area contributed by atoms with Gasteiger partial charge in [0.25, 0.3) is 0 Å². The number of rotatable bonds is 1. The highest BCUT2D eigenvalue weighted by Crippen LogP contribution is 2.24. The Morgan fingerprint density at radius 3 is 2.93 bits per heavy atom. The minimum Gasteiger partial charge on any atom is -0.481 e. The second kappa shape index (κ2) is 3.61. The molecule has 1 atom stereocenters. The quantitative estimate of drug-likeness (QED) is 0.668. The molecule has 0 unspecified atom stereocenters. The van der Waals surface area contributed by atoms with Crippen LogP contribution in [0.4, 0.5) is 0 Å². The van der Waals surface area contributed by atoms with Crippen LogP contribution >= 0.6 is 11.8 Å². The van der Waals surface area contributed by atoms with Crippen molar-refractivity contribution >= 4 is 28.8 Å². The predicted molar refractivity (Wildman–Crippen MR) is 52.2 cm³/mol. The number of aliphatic imine (C=N–C) groups is 1. The van der Waals surface area contributed by atoms with Crippen LogP contribution in [0.5, 0.6) is 0 Å². The number of carbonyl (C=O) groups is 2. The van der Waals surface area contributed by atoms with E-state index in [1.165, 1.54) is 16.7 Å². The monoisotopic (exact) mass is 214 g/mol. The number of amides is 1. The van der Waals surface area contributed by atoms with E-state index in [2.05, 4.69) is 4.99 Å². The van der Waals surface area contributed by atoms with E-state index in [0.29, 0.717) is 5.17 Å². The van der Waals surface area contributed by atoms with Crippen molar-refractivity contribution in [1.82, 2.24) is 4.90 Å². The molecule has 0 radical (unpaired) electrons. The summed E-state index contributed by atoms with van der Waals surface area (Å²) in [6, 6.07) is 0. The highest BCUT2D eigenvalue weighted by molar-refractivity contribution is 8.14. The first-order chi connectivity index (χ1) is 6.68. The van der Waals surface area contributed by atoms with E-state index in [0.717, 1.165) is 12.3 Å². The van der Waals surface area contributed by atoms with Crippen LogP contribution in [0.15, 0.2) is 4.99 Å². The summed E-state index contributed by atoms with van der Waals surface area (Å²) in [6.45, 7) is 1.00. The van der Waals surface area contributed by atoms with Crippen molar-refractivity contribution in [1.29, 1.82) is 0 Å². The maximum atomic E-state index is 11.4. The number of carbonyl (C=O) groups excluding carboxylic acids is 1. The Hall–Kier alpha value is -1.04. The Balaban J connectivity index is 2.07.